The van der Waals surface area contributed by atoms with Crippen LogP contribution in [-0.4, -0.2) is 42.2 Å². The van der Waals surface area contributed by atoms with E-state index in [1.54, 1.807) is 4.90 Å². The molecule has 2 N–H and O–H groups in total. The molecule has 0 spiro atoms. The fourth-order valence-electron chi connectivity index (χ4n) is 4.86. The Morgan fingerprint density at radius 3 is 2.04 bits per heavy atom. The molecule has 2 aliphatic rings. The van der Waals surface area contributed by atoms with Crippen LogP contribution >= 0.6 is 12.2 Å². The summed E-state index contributed by atoms with van der Waals surface area (Å²) in [6.45, 7) is 6.45. The average molecular weight is 375 g/mol. The van der Waals surface area contributed by atoms with E-state index >= 15 is 0 Å². The Hall–Kier alpha value is -1.13. The molecule has 1 unspecified atom stereocenters. The smallest absolute Gasteiger partial charge is 0.173 e. The minimum Gasteiger partial charge on any atom is -0.349 e. The number of hydrogen-bond donors (Lipinski definition) is 2. The van der Waals surface area contributed by atoms with Crippen LogP contribution < -0.4 is 10.2 Å². The van der Waals surface area contributed by atoms with Crippen LogP contribution in [0.3, 0.4) is 0 Å². The first-order chi connectivity index (χ1) is 12.5. The van der Waals surface area contributed by atoms with Crippen molar-refractivity contribution < 1.29 is 4.90 Å². The van der Waals surface area contributed by atoms with Gasteiger partial charge in [-0.2, -0.15) is 0 Å². The highest BCUT2D eigenvalue weighted by molar-refractivity contribution is 7.80. The second-order valence-corrected chi connectivity index (χ2v) is 8.89. The van der Waals surface area contributed by atoms with Crippen molar-refractivity contribution in [2.24, 2.45) is 0 Å². The van der Waals surface area contributed by atoms with E-state index < -0.39 is 0 Å². The summed E-state index contributed by atoms with van der Waals surface area (Å²) >= 11 is 5.70. The Morgan fingerprint density at radius 1 is 0.923 bits per heavy atom. The molecule has 0 bridgehead atoms. The molecule has 1 aromatic carbocycles. The van der Waals surface area contributed by atoms with Crippen LogP contribution in [0.1, 0.15) is 62.5 Å². The molecule has 0 aromatic heterocycles. The van der Waals surface area contributed by atoms with Crippen LogP contribution in [0.4, 0.5) is 5.69 Å². The van der Waals surface area contributed by atoms with Crippen LogP contribution in [0.2, 0.25) is 0 Å². The molecule has 3 rings (SSSR count). The van der Waals surface area contributed by atoms with Crippen molar-refractivity contribution in [3.05, 3.63) is 29.3 Å². The van der Waals surface area contributed by atoms with Crippen LogP contribution in [-0.2, 0) is 0 Å². The van der Waals surface area contributed by atoms with Crippen LogP contribution in [0.15, 0.2) is 18.2 Å². The normalized spacial score (nSPS) is 21.3. The molecule has 0 radical (unpaired) electrons. The van der Waals surface area contributed by atoms with Gasteiger partial charge in [-0.3, -0.25) is 0 Å². The second-order valence-electron chi connectivity index (χ2n) is 8.50. The SMILES string of the molecule is Cc1cc(C)cc(NC(=S)N2CCC([NH+](C)C3CCCCCC3)CC2)c1. The molecular weight excluding hydrogens is 338 g/mol. The highest BCUT2D eigenvalue weighted by Gasteiger charge is 2.31. The van der Waals surface area contributed by atoms with E-state index in [0.29, 0.717) is 0 Å². The molecule has 1 aromatic rings. The summed E-state index contributed by atoms with van der Waals surface area (Å²) in [5.74, 6) is 0. The summed E-state index contributed by atoms with van der Waals surface area (Å²) in [5, 5.41) is 4.35. The van der Waals surface area contributed by atoms with E-state index in [0.717, 1.165) is 36.0 Å². The van der Waals surface area contributed by atoms with Gasteiger partial charge >= 0.3 is 0 Å². The third-order valence-corrected chi connectivity index (χ3v) is 6.76. The van der Waals surface area contributed by atoms with Crippen molar-refractivity contribution in [2.75, 3.05) is 25.5 Å². The second kappa shape index (κ2) is 9.18. The molecule has 4 heteroatoms. The first kappa shape index (κ1) is 19.6. The van der Waals surface area contributed by atoms with Gasteiger partial charge in [0.05, 0.1) is 19.1 Å². The Bertz CT molecular complexity index is 579. The third kappa shape index (κ3) is 5.20. The monoisotopic (exact) mass is 374 g/mol. The molecule has 1 heterocycles. The van der Waals surface area contributed by atoms with Gasteiger partial charge < -0.3 is 15.1 Å². The topological polar surface area (TPSA) is 19.7 Å². The van der Waals surface area contributed by atoms with E-state index in [1.807, 2.05) is 0 Å². The Labute approximate surface area is 165 Å². The van der Waals surface area contributed by atoms with Crippen molar-refractivity contribution in [3.63, 3.8) is 0 Å². The van der Waals surface area contributed by atoms with Gasteiger partial charge in [-0.25, -0.2) is 0 Å². The van der Waals surface area contributed by atoms with Gasteiger partial charge in [-0.1, -0.05) is 18.9 Å². The van der Waals surface area contributed by atoms with E-state index in [-0.39, 0.29) is 0 Å². The third-order valence-electron chi connectivity index (χ3n) is 6.40. The number of nitrogens with one attached hydrogen (secondary N) is 2. The van der Waals surface area contributed by atoms with E-state index in [2.05, 4.69) is 49.3 Å². The quantitative estimate of drug-likeness (QED) is 0.622. The molecule has 1 aliphatic carbocycles. The number of benzene rings is 1. The predicted octanol–water partition coefficient (Wildman–Crippen LogP) is 3.70. The van der Waals surface area contributed by atoms with E-state index in [9.17, 15) is 0 Å². The molecule has 1 saturated carbocycles. The number of likely N-dealkylation sites (tertiary alicyclic amines) is 1. The first-order valence-corrected chi connectivity index (χ1v) is 10.9. The highest BCUT2D eigenvalue weighted by atomic mass is 32.1. The maximum Gasteiger partial charge on any atom is 0.173 e. The van der Waals surface area contributed by atoms with Crippen LogP contribution in [0.25, 0.3) is 0 Å². The van der Waals surface area contributed by atoms with Crippen molar-refractivity contribution in [1.82, 2.24) is 4.90 Å². The van der Waals surface area contributed by atoms with Gasteiger partial charge in [0.15, 0.2) is 5.11 Å². The Morgan fingerprint density at radius 2 is 1.46 bits per heavy atom. The van der Waals surface area contributed by atoms with Crippen LogP contribution in [0, 0.1) is 13.8 Å². The van der Waals surface area contributed by atoms with Crippen molar-refractivity contribution in [1.29, 1.82) is 0 Å². The number of anilines is 1. The number of piperidine rings is 1. The summed E-state index contributed by atoms with van der Waals surface area (Å²) in [5.41, 5.74) is 3.68. The molecular formula is C22H36N3S+. The molecule has 1 aliphatic heterocycles. The largest absolute Gasteiger partial charge is 0.349 e. The summed E-state index contributed by atoms with van der Waals surface area (Å²) < 4.78 is 0. The molecule has 1 atom stereocenters. The molecule has 1 saturated heterocycles. The zero-order chi connectivity index (χ0) is 18.5. The van der Waals surface area contributed by atoms with Gasteiger partial charge in [0, 0.05) is 31.6 Å². The number of nitrogens with zero attached hydrogens (tertiary/aromatic N) is 1. The lowest BCUT2D eigenvalue weighted by molar-refractivity contribution is -0.933. The van der Waals surface area contributed by atoms with Gasteiger partial charge in [0.1, 0.15) is 0 Å². The summed E-state index contributed by atoms with van der Waals surface area (Å²) in [6.07, 6.45) is 11.1. The van der Waals surface area contributed by atoms with E-state index in [4.69, 9.17) is 12.2 Å². The van der Waals surface area contributed by atoms with Gasteiger partial charge in [-0.15, -0.1) is 0 Å². The molecule has 2 fully saturated rings. The van der Waals surface area contributed by atoms with E-state index in [1.165, 1.54) is 62.5 Å². The Kier molecular flexibility index (Phi) is 6.93. The zero-order valence-corrected chi connectivity index (χ0v) is 17.6. The van der Waals surface area contributed by atoms with Crippen molar-refractivity contribution in [2.45, 2.75) is 77.3 Å². The van der Waals surface area contributed by atoms with Gasteiger partial charge in [-0.05, 0) is 75.0 Å². The molecule has 26 heavy (non-hydrogen) atoms. The average Bonchev–Trinajstić information content (AvgIpc) is 2.89. The lowest BCUT2D eigenvalue weighted by Gasteiger charge is -2.38. The number of aryl methyl sites for hydroxylation is 2. The number of hydrogen-bond acceptors (Lipinski definition) is 1. The van der Waals surface area contributed by atoms with Gasteiger partial charge in [0.2, 0.25) is 0 Å². The minimum atomic E-state index is 0.804. The Balaban J connectivity index is 1.50. The fraction of sp³-hybridized carbons (Fsp3) is 0.682. The maximum absolute atomic E-state index is 5.70. The first-order valence-electron chi connectivity index (χ1n) is 10.5. The number of rotatable bonds is 3. The van der Waals surface area contributed by atoms with Gasteiger partial charge in [0.25, 0.3) is 0 Å². The lowest BCUT2D eigenvalue weighted by Crippen LogP contribution is -3.17. The molecule has 0 amide bonds. The molecule has 3 nitrogen and oxygen atoms in total. The minimum absolute atomic E-state index is 0.804. The zero-order valence-electron chi connectivity index (χ0n) is 16.8. The van der Waals surface area contributed by atoms with Crippen molar-refractivity contribution in [3.8, 4) is 0 Å². The van der Waals surface area contributed by atoms with Crippen LogP contribution in [0.5, 0.6) is 0 Å². The maximum atomic E-state index is 5.70. The molecule has 144 valence electrons. The summed E-state index contributed by atoms with van der Waals surface area (Å²) in [7, 11) is 2.45. The number of thiocarbonyl (C=S) groups is 1. The number of quaternary nitrogens is 1. The summed E-state index contributed by atoms with van der Waals surface area (Å²) in [6, 6.07) is 8.24. The standard InChI is InChI=1S/C22H35N3S/c1-17-14-18(2)16-19(15-17)23-22(26)25-12-10-21(11-13-25)24(3)20-8-6-4-5-7-9-20/h14-16,20-21H,4-13H2,1-3H3,(H,23,26)/p+1. The highest BCUT2D eigenvalue weighted by Crippen LogP contribution is 2.18. The fourth-order valence-corrected chi connectivity index (χ4v) is 5.16. The summed E-state index contributed by atoms with van der Waals surface area (Å²) in [4.78, 5) is 4.16. The predicted molar refractivity (Wildman–Crippen MR) is 115 cm³/mol. The lowest BCUT2D eigenvalue weighted by atomic mass is 9.99. The van der Waals surface area contributed by atoms with Crippen molar-refractivity contribution >= 4 is 23.0 Å².